The van der Waals surface area contributed by atoms with Crippen LogP contribution in [0.3, 0.4) is 0 Å². The van der Waals surface area contributed by atoms with Crippen molar-refractivity contribution in [1.82, 2.24) is 4.98 Å². The molecule has 7 heteroatoms. The Bertz CT molecular complexity index is 626. The van der Waals surface area contributed by atoms with Crippen LogP contribution in [0.25, 0.3) is 0 Å². The second-order valence-corrected chi connectivity index (χ2v) is 6.27. The monoisotopic (exact) mass is 306 g/mol. The van der Waals surface area contributed by atoms with E-state index in [2.05, 4.69) is 35.5 Å². The minimum absolute atomic E-state index is 0.0192. The van der Waals surface area contributed by atoms with Crippen LogP contribution in [0.5, 0.6) is 0 Å². The maximum Gasteiger partial charge on any atom is 0.276 e. The lowest BCUT2D eigenvalue weighted by molar-refractivity contribution is -0.384. The highest BCUT2D eigenvalue weighted by atomic mass is 32.1. The van der Waals surface area contributed by atoms with Crippen molar-refractivity contribution >= 4 is 28.7 Å². The van der Waals surface area contributed by atoms with Gasteiger partial charge in [0.1, 0.15) is 11.6 Å². The first-order valence-electron chi connectivity index (χ1n) is 6.54. The highest BCUT2D eigenvalue weighted by molar-refractivity contribution is 7.10. The van der Waals surface area contributed by atoms with Crippen molar-refractivity contribution in [3.8, 4) is 0 Å². The van der Waals surface area contributed by atoms with Gasteiger partial charge in [0.2, 0.25) is 0 Å². The largest absolute Gasteiger partial charge is 0.373 e. The van der Waals surface area contributed by atoms with Gasteiger partial charge in [0.25, 0.3) is 5.69 Å². The number of hydrogen-bond donors (Lipinski definition) is 2. The molecule has 0 aliphatic heterocycles. The minimum Gasteiger partial charge on any atom is -0.373 e. The molecule has 0 spiro atoms. The van der Waals surface area contributed by atoms with Crippen LogP contribution in [0.15, 0.2) is 29.6 Å². The molecule has 0 saturated carbocycles. The zero-order chi connectivity index (χ0) is 15.5. The van der Waals surface area contributed by atoms with Gasteiger partial charge in [0, 0.05) is 23.9 Å². The van der Waals surface area contributed by atoms with E-state index in [9.17, 15) is 10.1 Å². The number of nitrogens with one attached hydrogen (secondary N) is 2. The molecule has 0 aliphatic carbocycles. The van der Waals surface area contributed by atoms with E-state index >= 15 is 0 Å². The average molecular weight is 306 g/mol. The normalized spacial score (nSPS) is 11.2. The van der Waals surface area contributed by atoms with Crippen LogP contribution < -0.4 is 10.6 Å². The molecule has 0 amide bonds. The summed E-state index contributed by atoms with van der Waals surface area (Å²) in [6.45, 7) is 4.90. The first-order chi connectivity index (χ1) is 9.92. The van der Waals surface area contributed by atoms with Crippen molar-refractivity contribution < 1.29 is 4.92 Å². The van der Waals surface area contributed by atoms with Crippen molar-refractivity contribution in [2.75, 3.05) is 24.2 Å². The number of thiophene rings is 1. The number of pyridine rings is 1. The molecule has 0 fully saturated rings. The van der Waals surface area contributed by atoms with Crippen LogP contribution in [0, 0.1) is 10.1 Å². The molecule has 112 valence electrons. The Kier molecular flexibility index (Phi) is 4.42. The fourth-order valence-corrected chi connectivity index (χ4v) is 2.75. The first-order valence-corrected chi connectivity index (χ1v) is 7.42. The average Bonchev–Trinajstić information content (AvgIpc) is 3.00. The highest BCUT2D eigenvalue weighted by Gasteiger charge is 2.22. The summed E-state index contributed by atoms with van der Waals surface area (Å²) in [7, 11) is 1.69. The molecule has 0 aromatic carbocycles. The minimum atomic E-state index is -0.419. The molecule has 0 unspecified atom stereocenters. The van der Waals surface area contributed by atoms with Crippen LogP contribution in [0.2, 0.25) is 0 Å². The Morgan fingerprint density at radius 3 is 2.67 bits per heavy atom. The third kappa shape index (κ3) is 3.69. The van der Waals surface area contributed by atoms with Crippen LogP contribution in [-0.4, -0.2) is 23.5 Å². The van der Waals surface area contributed by atoms with Crippen molar-refractivity contribution in [2.24, 2.45) is 0 Å². The molecule has 0 bridgehead atoms. The van der Waals surface area contributed by atoms with Gasteiger partial charge in [-0.25, -0.2) is 4.98 Å². The van der Waals surface area contributed by atoms with E-state index in [-0.39, 0.29) is 11.1 Å². The van der Waals surface area contributed by atoms with E-state index < -0.39 is 4.92 Å². The standard InChI is InChI=1S/C14H18N4O2S/c1-14(2,11-5-4-6-21-11)9-16-13-8-10(18(19)20)7-12(15-3)17-13/h4-8H,9H2,1-3H3,(H2,15,16,17). The van der Waals surface area contributed by atoms with Crippen molar-refractivity contribution in [1.29, 1.82) is 0 Å². The molecular formula is C14H18N4O2S. The molecule has 0 aliphatic rings. The SMILES string of the molecule is CNc1cc([N+](=O)[O-])cc(NCC(C)(C)c2cccs2)n1. The third-order valence-electron chi connectivity index (χ3n) is 3.18. The number of anilines is 2. The third-order valence-corrected chi connectivity index (χ3v) is 4.41. The molecule has 0 atom stereocenters. The summed E-state index contributed by atoms with van der Waals surface area (Å²) >= 11 is 1.70. The molecule has 0 saturated heterocycles. The summed E-state index contributed by atoms with van der Waals surface area (Å²) in [6.07, 6.45) is 0. The summed E-state index contributed by atoms with van der Waals surface area (Å²) in [5.41, 5.74) is -0.0499. The Labute approximate surface area is 127 Å². The van der Waals surface area contributed by atoms with E-state index in [1.54, 1.807) is 18.4 Å². The van der Waals surface area contributed by atoms with Gasteiger partial charge in [0.05, 0.1) is 17.1 Å². The van der Waals surface area contributed by atoms with Crippen LogP contribution in [0.1, 0.15) is 18.7 Å². The lowest BCUT2D eigenvalue weighted by atomic mass is 9.91. The van der Waals surface area contributed by atoms with Crippen molar-refractivity contribution in [3.63, 3.8) is 0 Å². The predicted molar refractivity (Wildman–Crippen MR) is 86.3 cm³/mol. The molecular weight excluding hydrogens is 288 g/mol. The first kappa shape index (κ1) is 15.2. The zero-order valence-electron chi connectivity index (χ0n) is 12.2. The Morgan fingerprint density at radius 2 is 2.10 bits per heavy atom. The molecule has 2 rings (SSSR count). The topological polar surface area (TPSA) is 80.1 Å². The fraction of sp³-hybridized carbons (Fsp3) is 0.357. The Morgan fingerprint density at radius 1 is 1.38 bits per heavy atom. The van der Waals surface area contributed by atoms with Gasteiger partial charge in [-0.2, -0.15) is 0 Å². The quantitative estimate of drug-likeness (QED) is 0.631. The second-order valence-electron chi connectivity index (χ2n) is 5.32. The van der Waals surface area contributed by atoms with Crippen molar-refractivity contribution in [3.05, 3.63) is 44.6 Å². The maximum atomic E-state index is 10.9. The van der Waals surface area contributed by atoms with E-state index in [1.807, 2.05) is 11.4 Å². The van der Waals surface area contributed by atoms with E-state index in [0.717, 1.165) is 0 Å². The van der Waals surface area contributed by atoms with Gasteiger partial charge in [-0.15, -0.1) is 11.3 Å². The van der Waals surface area contributed by atoms with Gasteiger partial charge in [-0.3, -0.25) is 10.1 Å². The number of rotatable bonds is 6. The molecule has 0 radical (unpaired) electrons. The van der Waals surface area contributed by atoms with E-state index in [0.29, 0.717) is 18.2 Å². The Balaban J connectivity index is 2.16. The van der Waals surface area contributed by atoms with E-state index in [1.165, 1.54) is 17.0 Å². The zero-order valence-corrected chi connectivity index (χ0v) is 13.0. The summed E-state index contributed by atoms with van der Waals surface area (Å²) in [5, 5.41) is 19.0. The highest BCUT2D eigenvalue weighted by Crippen LogP contribution is 2.28. The molecule has 2 N–H and O–H groups in total. The molecule has 2 heterocycles. The maximum absolute atomic E-state index is 10.9. The van der Waals surface area contributed by atoms with Crippen molar-refractivity contribution in [2.45, 2.75) is 19.3 Å². The van der Waals surface area contributed by atoms with Crippen LogP contribution in [-0.2, 0) is 5.41 Å². The number of nitrogens with zero attached hydrogens (tertiary/aromatic N) is 2. The summed E-state index contributed by atoms with van der Waals surface area (Å²) in [6, 6.07) is 6.97. The lowest BCUT2D eigenvalue weighted by Gasteiger charge is -2.24. The summed E-state index contributed by atoms with van der Waals surface area (Å²) in [5.74, 6) is 0.971. The number of hydrogen-bond acceptors (Lipinski definition) is 6. The van der Waals surface area contributed by atoms with Gasteiger partial charge in [0.15, 0.2) is 0 Å². The summed E-state index contributed by atoms with van der Waals surface area (Å²) < 4.78 is 0. The van der Waals surface area contributed by atoms with Gasteiger partial charge >= 0.3 is 0 Å². The number of aromatic nitrogens is 1. The smallest absolute Gasteiger partial charge is 0.276 e. The predicted octanol–water partition coefficient (Wildman–Crippen LogP) is 3.48. The Hall–Kier alpha value is -2.15. The van der Waals surface area contributed by atoms with E-state index in [4.69, 9.17) is 0 Å². The lowest BCUT2D eigenvalue weighted by Crippen LogP contribution is -2.27. The number of nitro groups is 1. The second kappa shape index (κ2) is 6.09. The molecule has 6 nitrogen and oxygen atoms in total. The molecule has 2 aromatic rings. The van der Waals surface area contributed by atoms with Crippen LogP contribution >= 0.6 is 11.3 Å². The van der Waals surface area contributed by atoms with Gasteiger partial charge < -0.3 is 10.6 Å². The van der Waals surface area contributed by atoms with Gasteiger partial charge in [-0.05, 0) is 11.4 Å². The fourth-order valence-electron chi connectivity index (χ4n) is 1.90. The van der Waals surface area contributed by atoms with Gasteiger partial charge in [-0.1, -0.05) is 19.9 Å². The van der Waals surface area contributed by atoms with Crippen LogP contribution in [0.4, 0.5) is 17.3 Å². The molecule has 2 aromatic heterocycles. The summed E-state index contributed by atoms with van der Waals surface area (Å²) in [4.78, 5) is 16.1. The molecule has 21 heavy (non-hydrogen) atoms.